The number of hydrogen-bond acceptors (Lipinski definition) is 7. The number of carbonyl (C=O) groups excluding carboxylic acids is 1. The topological polar surface area (TPSA) is 94.6 Å². The van der Waals surface area contributed by atoms with Crippen molar-refractivity contribution in [1.29, 1.82) is 0 Å². The SMILES string of the molecule is COc1ccc(CN(C)C(=O)CN(c2ccc(OC)cc2)S(=O)(=O)c2ccc(OC)c(OC)c2)cc1. The van der Waals surface area contributed by atoms with Crippen LogP contribution < -0.4 is 23.3 Å². The maximum Gasteiger partial charge on any atom is 0.264 e. The van der Waals surface area contributed by atoms with Crippen molar-refractivity contribution < 1.29 is 32.2 Å². The number of carbonyl (C=O) groups is 1. The van der Waals surface area contributed by atoms with E-state index in [-0.39, 0.29) is 16.6 Å². The second kappa shape index (κ2) is 11.7. The van der Waals surface area contributed by atoms with Gasteiger partial charge in [-0.2, -0.15) is 0 Å². The van der Waals surface area contributed by atoms with Gasteiger partial charge in [0, 0.05) is 19.7 Å². The van der Waals surface area contributed by atoms with Gasteiger partial charge in [0.2, 0.25) is 5.91 Å². The first-order valence-electron chi connectivity index (χ1n) is 11.0. The summed E-state index contributed by atoms with van der Waals surface area (Å²) in [6.07, 6.45) is 0. The number of methoxy groups -OCH3 is 4. The van der Waals surface area contributed by atoms with Crippen molar-refractivity contribution in [3.63, 3.8) is 0 Å². The van der Waals surface area contributed by atoms with E-state index in [1.807, 2.05) is 12.1 Å². The summed E-state index contributed by atoms with van der Waals surface area (Å²) in [6, 6.07) is 18.1. The van der Waals surface area contributed by atoms with E-state index in [9.17, 15) is 13.2 Å². The van der Waals surface area contributed by atoms with Gasteiger partial charge in [-0.05, 0) is 54.1 Å². The number of ether oxygens (including phenoxy) is 4. The minimum absolute atomic E-state index is 0.0402. The van der Waals surface area contributed by atoms with E-state index in [0.29, 0.717) is 29.5 Å². The zero-order valence-electron chi connectivity index (χ0n) is 20.9. The number of anilines is 1. The molecular weight excluding hydrogens is 484 g/mol. The van der Waals surface area contributed by atoms with Crippen LogP contribution in [0.3, 0.4) is 0 Å². The van der Waals surface area contributed by atoms with Gasteiger partial charge in [0.05, 0.1) is 39.0 Å². The van der Waals surface area contributed by atoms with Crippen molar-refractivity contribution in [3.8, 4) is 23.0 Å². The van der Waals surface area contributed by atoms with E-state index in [2.05, 4.69) is 0 Å². The molecule has 0 heterocycles. The molecule has 0 N–H and O–H groups in total. The van der Waals surface area contributed by atoms with Gasteiger partial charge in [0.25, 0.3) is 10.0 Å². The van der Waals surface area contributed by atoms with Crippen LogP contribution in [0.4, 0.5) is 5.69 Å². The molecule has 9 nitrogen and oxygen atoms in total. The van der Waals surface area contributed by atoms with Crippen molar-refractivity contribution >= 4 is 21.6 Å². The summed E-state index contributed by atoms with van der Waals surface area (Å²) in [4.78, 5) is 14.6. The Hall–Kier alpha value is -3.92. The van der Waals surface area contributed by atoms with E-state index in [4.69, 9.17) is 18.9 Å². The molecule has 3 rings (SSSR count). The Bertz CT molecular complexity index is 1280. The molecule has 0 unspecified atom stereocenters. The molecule has 192 valence electrons. The van der Waals surface area contributed by atoms with Crippen molar-refractivity contribution in [1.82, 2.24) is 4.90 Å². The Labute approximate surface area is 211 Å². The van der Waals surface area contributed by atoms with Crippen LogP contribution in [0, 0.1) is 0 Å². The third-order valence-corrected chi connectivity index (χ3v) is 7.36. The summed E-state index contributed by atoms with van der Waals surface area (Å²) in [6.45, 7) is -0.106. The van der Waals surface area contributed by atoms with Gasteiger partial charge >= 0.3 is 0 Å². The maximum absolute atomic E-state index is 13.8. The van der Waals surface area contributed by atoms with Crippen molar-refractivity contribution in [3.05, 3.63) is 72.3 Å². The fraction of sp³-hybridized carbons (Fsp3) is 0.269. The molecule has 0 aliphatic carbocycles. The predicted octanol–water partition coefficient (Wildman–Crippen LogP) is 3.57. The van der Waals surface area contributed by atoms with Crippen molar-refractivity contribution in [2.45, 2.75) is 11.4 Å². The van der Waals surface area contributed by atoms with Crippen LogP contribution in [0.25, 0.3) is 0 Å². The Morgan fingerprint density at radius 3 is 1.83 bits per heavy atom. The van der Waals surface area contributed by atoms with Gasteiger partial charge in [-0.3, -0.25) is 9.10 Å². The van der Waals surface area contributed by atoms with Gasteiger partial charge in [-0.1, -0.05) is 12.1 Å². The molecule has 36 heavy (non-hydrogen) atoms. The molecule has 0 fully saturated rings. The number of amides is 1. The lowest BCUT2D eigenvalue weighted by Gasteiger charge is -2.27. The normalized spacial score (nSPS) is 10.9. The van der Waals surface area contributed by atoms with Crippen molar-refractivity contribution in [2.24, 2.45) is 0 Å². The molecule has 0 saturated heterocycles. The lowest BCUT2D eigenvalue weighted by Crippen LogP contribution is -2.41. The molecule has 0 atom stereocenters. The number of nitrogens with zero attached hydrogens (tertiary/aromatic N) is 2. The minimum Gasteiger partial charge on any atom is -0.497 e. The number of benzene rings is 3. The molecule has 0 aliphatic rings. The highest BCUT2D eigenvalue weighted by Gasteiger charge is 2.29. The van der Waals surface area contributed by atoms with Crippen LogP contribution in [0.2, 0.25) is 0 Å². The highest BCUT2D eigenvalue weighted by atomic mass is 32.2. The lowest BCUT2D eigenvalue weighted by atomic mass is 10.2. The Morgan fingerprint density at radius 2 is 1.31 bits per heavy atom. The maximum atomic E-state index is 13.8. The van der Waals surface area contributed by atoms with Crippen LogP contribution >= 0.6 is 0 Å². The summed E-state index contributed by atoms with van der Waals surface area (Å²) in [7, 11) is 3.47. The molecule has 3 aromatic carbocycles. The molecule has 0 aliphatic heterocycles. The summed E-state index contributed by atoms with van der Waals surface area (Å²) in [5.41, 5.74) is 1.20. The average molecular weight is 515 g/mol. The van der Waals surface area contributed by atoms with Crippen LogP contribution in [0.5, 0.6) is 23.0 Å². The quantitative estimate of drug-likeness (QED) is 0.386. The first-order valence-corrected chi connectivity index (χ1v) is 12.4. The average Bonchev–Trinajstić information content (AvgIpc) is 2.91. The molecule has 10 heteroatoms. The third kappa shape index (κ3) is 6.01. The summed E-state index contributed by atoms with van der Waals surface area (Å²) in [5.74, 6) is 1.54. The Morgan fingerprint density at radius 1 is 0.750 bits per heavy atom. The van der Waals surface area contributed by atoms with Crippen LogP contribution in [0.1, 0.15) is 5.56 Å². The Kier molecular flexibility index (Phi) is 8.65. The molecule has 0 aromatic heterocycles. The van der Waals surface area contributed by atoms with Crippen molar-refractivity contribution in [2.75, 3.05) is 46.3 Å². The van der Waals surface area contributed by atoms with E-state index in [0.717, 1.165) is 9.87 Å². The molecule has 0 bridgehead atoms. The molecule has 0 radical (unpaired) electrons. The van der Waals surface area contributed by atoms with Crippen LogP contribution in [0.15, 0.2) is 71.6 Å². The van der Waals surface area contributed by atoms with Gasteiger partial charge in [0.15, 0.2) is 11.5 Å². The second-order valence-corrected chi connectivity index (χ2v) is 9.69. The minimum atomic E-state index is -4.15. The summed E-state index contributed by atoms with van der Waals surface area (Å²) in [5, 5.41) is 0. The smallest absolute Gasteiger partial charge is 0.264 e. The highest BCUT2D eigenvalue weighted by Crippen LogP contribution is 2.32. The number of rotatable bonds is 11. The van der Waals surface area contributed by atoms with E-state index in [1.54, 1.807) is 50.6 Å². The standard InChI is InChI=1S/C26H30N2O7S/c1-27(17-19-6-10-21(32-2)11-7-19)26(29)18-28(20-8-12-22(33-3)13-9-20)36(30,31)23-14-15-24(34-4)25(16-23)35-5/h6-16H,17-18H2,1-5H3. The van der Waals surface area contributed by atoms with E-state index in [1.165, 1.54) is 44.4 Å². The zero-order chi connectivity index (χ0) is 26.3. The Balaban J connectivity index is 1.93. The van der Waals surface area contributed by atoms with E-state index < -0.39 is 16.6 Å². The van der Waals surface area contributed by atoms with Gasteiger partial charge in [0.1, 0.15) is 18.0 Å². The first kappa shape index (κ1) is 26.7. The number of likely N-dealkylation sites (N-methyl/N-ethyl adjacent to an activating group) is 1. The largest absolute Gasteiger partial charge is 0.497 e. The van der Waals surface area contributed by atoms with E-state index >= 15 is 0 Å². The molecule has 0 spiro atoms. The first-order chi connectivity index (χ1) is 17.2. The molecule has 1 amide bonds. The third-order valence-electron chi connectivity index (χ3n) is 5.59. The fourth-order valence-electron chi connectivity index (χ4n) is 3.50. The predicted molar refractivity (Wildman–Crippen MR) is 137 cm³/mol. The fourth-order valence-corrected chi connectivity index (χ4v) is 4.93. The lowest BCUT2D eigenvalue weighted by molar-refractivity contribution is -0.128. The number of hydrogen-bond donors (Lipinski definition) is 0. The number of sulfonamides is 1. The van der Waals surface area contributed by atoms with Gasteiger partial charge < -0.3 is 23.8 Å². The van der Waals surface area contributed by atoms with Crippen LogP contribution in [-0.2, 0) is 21.4 Å². The highest BCUT2D eigenvalue weighted by molar-refractivity contribution is 7.92. The monoisotopic (exact) mass is 514 g/mol. The second-order valence-electron chi connectivity index (χ2n) is 7.82. The molecule has 3 aromatic rings. The zero-order valence-corrected chi connectivity index (χ0v) is 21.7. The van der Waals surface area contributed by atoms with Gasteiger partial charge in [-0.15, -0.1) is 0 Å². The molecular formula is C26H30N2O7S. The van der Waals surface area contributed by atoms with Gasteiger partial charge in [-0.25, -0.2) is 8.42 Å². The summed E-state index contributed by atoms with van der Waals surface area (Å²) < 4.78 is 49.5. The summed E-state index contributed by atoms with van der Waals surface area (Å²) >= 11 is 0. The van der Waals surface area contributed by atoms with Crippen LogP contribution in [-0.4, -0.2) is 61.3 Å². The molecule has 0 saturated carbocycles.